The molecule has 0 radical (unpaired) electrons. The third-order valence-corrected chi connectivity index (χ3v) is 5.73. The Kier molecular flexibility index (Phi) is 6.68. The lowest BCUT2D eigenvalue weighted by Crippen LogP contribution is -2.36. The van der Waals surface area contributed by atoms with E-state index in [9.17, 15) is 12.8 Å². The maximum atomic E-state index is 13.8. The van der Waals surface area contributed by atoms with Crippen molar-refractivity contribution in [2.75, 3.05) is 25.7 Å². The van der Waals surface area contributed by atoms with Gasteiger partial charge < -0.3 is 5.11 Å². The highest BCUT2D eigenvalue weighted by Crippen LogP contribution is 2.20. The molecular weight excluding hydrogens is 313 g/mol. The number of hydrogen-bond acceptors (Lipinski definition) is 4. The predicted octanol–water partition coefficient (Wildman–Crippen LogP) is 1.54. The van der Waals surface area contributed by atoms with Crippen molar-refractivity contribution < 1.29 is 17.9 Å². The zero-order chi connectivity index (χ0) is 16.0. The number of thioether (sulfide) groups is 1. The number of benzene rings is 1. The molecule has 0 heterocycles. The van der Waals surface area contributed by atoms with Crippen LogP contribution in [0.25, 0.3) is 0 Å². The van der Waals surface area contributed by atoms with Gasteiger partial charge in [-0.15, -0.1) is 0 Å². The fourth-order valence-electron chi connectivity index (χ4n) is 1.64. The van der Waals surface area contributed by atoms with E-state index >= 15 is 0 Å². The van der Waals surface area contributed by atoms with Gasteiger partial charge in [0.15, 0.2) is 0 Å². The van der Waals surface area contributed by atoms with Crippen molar-refractivity contribution in [2.45, 2.75) is 17.9 Å². The maximum absolute atomic E-state index is 13.8. The number of rotatable bonds is 5. The normalized spacial score (nSPS) is 12.9. The molecule has 1 N–H and O–H groups in total. The van der Waals surface area contributed by atoms with E-state index in [-0.39, 0.29) is 23.1 Å². The first-order valence-corrected chi connectivity index (χ1v) is 9.04. The monoisotopic (exact) mass is 331 g/mol. The van der Waals surface area contributed by atoms with Gasteiger partial charge in [-0.1, -0.05) is 11.8 Å². The van der Waals surface area contributed by atoms with Crippen molar-refractivity contribution in [2.24, 2.45) is 0 Å². The molecule has 0 aliphatic heterocycles. The third kappa shape index (κ3) is 4.45. The minimum Gasteiger partial charge on any atom is -0.384 e. The van der Waals surface area contributed by atoms with Crippen molar-refractivity contribution in [3.8, 4) is 11.8 Å². The van der Waals surface area contributed by atoms with Gasteiger partial charge in [-0.25, -0.2) is 12.8 Å². The highest BCUT2D eigenvalue weighted by molar-refractivity contribution is 7.98. The molecule has 0 bridgehead atoms. The summed E-state index contributed by atoms with van der Waals surface area (Å²) in [6, 6.07) is 3.39. The highest BCUT2D eigenvalue weighted by Gasteiger charge is 2.25. The molecule has 0 saturated heterocycles. The molecular formula is C14H18FNO3S2. The van der Waals surface area contributed by atoms with Gasteiger partial charge in [0, 0.05) is 18.8 Å². The van der Waals surface area contributed by atoms with Gasteiger partial charge in [0.1, 0.15) is 12.4 Å². The number of aliphatic hydroxyl groups excluding tert-OH is 1. The van der Waals surface area contributed by atoms with Crippen LogP contribution in [0.3, 0.4) is 0 Å². The van der Waals surface area contributed by atoms with Crippen LogP contribution in [0.4, 0.5) is 4.39 Å². The fraction of sp³-hybridized carbons (Fsp3) is 0.429. The van der Waals surface area contributed by atoms with Gasteiger partial charge in [-0.05, 0) is 31.4 Å². The number of halogens is 1. The molecule has 7 heteroatoms. The van der Waals surface area contributed by atoms with E-state index in [4.69, 9.17) is 5.11 Å². The summed E-state index contributed by atoms with van der Waals surface area (Å²) in [5.41, 5.74) is 0.0582. The average Bonchev–Trinajstić information content (AvgIpc) is 2.45. The Morgan fingerprint density at radius 2 is 2.14 bits per heavy atom. The molecule has 0 spiro atoms. The van der Waals surface area contributed by atoms with Gasteiger partial charge in [0.2, 0.25) is 10.0 Å². The van der Waals surface area contributed by atoms with Crippen LogP contribution < -0.4 is 0 Å². The third-order valence-electron chi connectivity index (χ3n) is 2.95. The van der Waals surface area contributed by atoms with Gasteiger partial charge >= 0.3 is 0 Å². The van der Waals surface area contributed by atoms with E-state index < -0.39 is 15.8 Å². The topological polar surface area (TPSA) is 57.6 Å². The lowest BCUT2D eigenvalue weighted by atomic mass is 10.2. The zero-order valence-electron chi connectivity index (χ0n) is 12.1. The maximum Gasteiger partial charge on any atom is 0.243 e. The van der Waals surface area contributed by atoms with Crippen molar-refractivity contribution in [1.29, 1.82) is 0 Å². The second-order valence-electron chi connectivity index (χ2n) is 4.43. The lowest BCUT2D eigenvalue weighted by Gasteiger charge is -2.23. The first kappa shape index (κ1) is 18.0. The summed E-state index contributed by atoms with van der Waals surface area (Å²) in [7, 11) is -2.26. The van der Waals surface area contributed by atoms with Crippen LogP contribution in [0.15, 0.2) is 23.1 Å². The molecule has 1 aromatic carbocycles. The molecule has 0 saturated carbocycles. The summed E-state index contributed by atoms with van der Waals surface area (Å²) in [4.78, 5) is -0.106. The number of hydrogen-bond donors (Lipinski definition) is 1. The van der Waals surface area contributed by atoms with Crippen LogP contribution in [0.1, 0.15) is 12.5 Å². The Morgan fingerprint density at radius 1 is 1.48 bits per heavy atom. The minimum atomic E-state index is -3.74. The van der Waals surface area contributed by atoms with Gasteiger partial charge in [0.25, 0.3) is 0 Å². The fourth-order valence-corrected chi connectivity index (χ4v) is 3.82. The van der Waals surface area contributed by atoms with Crippen molar-refractivity contribution >= 4 is 21.8 Å². The zero-order valence-corrected chi connectivity index (χ0v) is 13.8. The second kappa shape index (κ2) is 7.80. The van der Waals surface area contributed by atoms with Gasteiger partial charge in [0.05, 0.1) is 10.5 Å². The SMILES string of the molecule is CSCC(C)N(C)S(=O)(=O)c1ccc(C#CCO)c(F)c1. The van der Waals surface area contributed by atoms with Crippen molar-refractivity contribution in [3.05, 3.63) is 29.6 Å². The molecule has 0 aromatic heterocycles. The molecule has 0 amide bonds. The molecule has 0 fully saturated rings. The Bertz CT molecular complexity index is 650. The summed E-state index contributed by atoms with van der Waals surface area (Å²) < 4.78 is 39.9. The van der Waals surface area contributed by atoms with E-state index in [0.717, 1.165) is 6.07 Å². The Labute approximate surface area is 129 Å². The Hall–Kier alpha value is -1.07. The molecule has 4 nitrogen and oxygen atoms in total. The number of aliphatic hydroxyl groups is 1. The molecule has 1 atom stereocenters. The quantitative estimate of drug-likeness (QED) is 0.832. The summed E-state index contributed by atoms with van der Waals surface area (Å²) in [5.74, 6) is 4.68. The van der Waals surface area contributed by atoms with Crippen LogP contribution in [-0.2, 0) is 10.0 Å². The van der Waals surface area contributed by atoms with E-state index in [1.54, 1.807) is 18.7 Å². The summed E-state index contributed by atoms with van der Waals surface area (Å²) >= 11 is 1.54. The highest BCUT2D eigenvalue weighted by atomic mass is 32.2. The first-order chi connectivity index (χ1) is 9.84. The van der Waals surface area contributed by atoms with Crippen LogP contribution in [0, 0.1) is 17.7 Å². The van der Waals surface area contributed by atoms with E-state index in [2.05, 4.69) is 11.8 Å². The molecule has 0 aliphatic carbocycles. The number of sulfonamides is 1. The largest absolute Gasteiger partial charge is 0.384 e. The Balaban J connectivity index is 3.12. The van der Waals surface area contributed by atoms with Gasteiger partial charge in [-0.2, -0.15) is 16.1 Å². The van der Waals surface area contributed by atoms with Gasteiger partial charge in [-0.3, -0.25) is 0 Å². The van der Waals surface area contributed by atoms with Crippen molar-refractivity contribution in [3.63, 3.8) is 0 Å². The molecule has 21 heavy (non-hydrogen) atoms. The average molecular weight is 331 g/mol. The lowest BCUT2D eigenvalue weighted by molar-refractivity contribution is 0.350. The standard InChI is InChI=1S/C14H18FNO3S2/c1-11(10-20-3)16(2)21(18,19)13-7-6-12(5-4-8-17)14(15)9-13/h6-7,9,11,17H,8,10H2,1-3H3. The number of nitrogens with zero attached hydrogens (tertiary/aromatic N) is 1. The predicted molar refractivity (Wildman–Crippen MR) is 83.2 cm³/mol. The molecule has 0 aliphatic rings. The molecule has 116 valence electrons. The van der Waals surface area contributed by atoms with Crippen LogP contribution in [-0.4, -0.2) is 49.5 Å². The van der Waals surface area contributed by atoms with E-state index in [1.807, 2.05) is 6.26 Å². The van der Waals surface area contributed by atoms with Crippen molar-refractivity contribution in [1.82, 2.24) is 4.31 Å². The smallest absolute Gasteiger partial charge is 0.243 e. The second-order valence-corrected chi connectivity index (χ2v) is 7.34. The summed E-state index contributed by atoms with van der Waals surface area (Å²) in [6.45, 7) is 1.42. The minimum absolute atomic E-state index is 0.0582. The summed E-state index contributed by atoms with van der Waals surface area (Å²) in [5, 5.41) is 8.59. The Morgan fingerprint density at radius 3 is 2.67 bits per heavy atom. The van der Waals surface area contributed by atoms with Crippen LogP contribution >= 0.6 is 11.8 Å². The molecule has 1 rings (SSSR count). The van der Waals surface area contributed by atoms with Crippen LogP contribution in [0.2, 0.25) is 0 Å². The first-order valence-electron chi connectivity index (χ1n) is 6.20. The molecule has 1 unspecified atom stereocenters. The van der Waals surface area contributed by atoms with Crippen LogP contribution in [0.5, 0.6) is 0 Å². The summed E-state index contributed by atoms with van der Waals surface area (Å²) in [6.07, 6.45) is 1.89. The van der Waals surface area contributed by atoms with E-state index in [0.29, 0.717) is 5.75 Å². The van der Waals surface area contributed by atoms with E-state index in [1.165, 1.54) is 23.5 Å². The molecule has 1 aromatic rings.